The summed E-state index contributed by atoms with van der Waals surface area (Å²) in [6.07, 6.45) is 4.13. The number of aliphatic imine (C=N–C) groups is 1. The van der Waals surface area contributed by atoms with E-state index in [9.17, 15) is 0 Å². The number of likely N-dealkylation sites (tertiary alicyclic amines) is 1. The maximum Gasteiger partial charge on any atom is 0.194 e. The summed E-state index contributed by atoms with van der Waals surface area (Å²) in [7, 11) is 1.75. The fraction of sp³-hybridized carbons (Fsp3) is 0.682. The van der Waals surface area contributed by atoms with Crippen LogP contribution in [0.1, 0.15) is 26.2 Å². The Labute approximate surface area is 192 Å². The Hall–Kier alpha value is -1.22. The van der Waals surface area contributed by atoms with Gasteiger partial charge in [0, 0.05) is 51.9 Å². The molecule has 162 valence electrons. The van der Waals surface area contributed by atoms with Crippen molar-refractivity contribution < 1.29 is 4.74 Å². The Balaban J connectivity index is 0.00000240. The maximum atomic E-state index is 5.54. The number of halogens is 1. The first-order chi connectivity index (χ1) is 13.8. The number of nitrogens with one attached hydrogen (secondary N) is 1. The van der Waals surface area contributed by atoms with Crippen LogP contribution >= 0.6 is 24.0 Å². The van der Waals surface area contributed by atoms with Gasteiger partial charge in [0.05, 0.1) is 12.8 Å². The molecule has 1 N–H and O–H groups in total. The fourth-order valence-corrected chi connectivity index (χ4v) is 4.47. The largest absolute Gasteiger partial charge is 0.495 e. The number of hydrogen-bond donors (Lipinski definition) is 1. The molecule has 1 aliphatic carbocycles. The molecule has 3 aliphatic rings. The topological polar surface area (TPSA) is 43.3 Å². The van der Waals surface area contributed by atoms with Crippen LogP contribution in [0.5, 0.6) is 5.75 Å². The molecular weight excluding hydrogens is 477 g/mol. The van der Waals surface area contributed by atoms with Crippen molar-refractivity contribution in [1.29, 1.82) is 0 Å². The molecule has 0 aromatic heterocycles. The first kappa shape index (κ1) is 22.5. The van der Waals surface area contributed by atoms with Crippen molar-refractivity contribution in [1.82, 2.24) is 15.1 Å². The number of methoxy groups -OCH3 is 1. The minimum Gasteiger partial charge on any atom is -0.495 e. The predicted octanol–water partition coefficient (Wildman–Crippen LogP) is 2.89. The van der Waals surface area contributed by atoms with E-state index >= 15 is 0 Å². The SMILES string of the molecule is CCNC(=NCC1CCN(C2CC2)C1)N1CCN(c2ccccc2OC)CC1.I. The quantitative estimate of drug-likeness (QED) is 0.360. The molecular formula is C22H36IN5O. The molecule has 2 saturated heterocycles. The zero-order valence-electron chi connectivity index (χ0n) is 17.8. The number of nitrogens with zero attached hydrogens (tertiary/aromatic N) is 4. The van der Waals surface area contributed by atoms with E-state index in [4.69, 9.17) is 9.73 Å². The number of benzene rings is 1. The average molecular weight is 513 g/mol. The number of anilines is 1. The van der Waals surface area contributed by atoms with Gasteiger partial charge in [0.15, 0.2) is 5.96 Å². The van der Waals surface area contributed by atoms with Gasteiger partial charge in [-0.25, -0.2) is 0 Å². The van der Waals surface area contributed by atoms with Crippen molar-refractivity contribution in [2.45, 2.75) is 32.2 Å². The van der Waals surface area contributed by atoms with Crippen LogP contribution in [0.4, 0.5) is 5.69 Å². The number of para-hydroxylation sites is 2. The van der Waals surface area contributed by atoms with Crippen molar-refractivity contribution in [3.8, 4) is 5.75 Å². The monoisotopic (exact) mass is 513 g/mol. The Morgan fingerprint density at radius 1 is 1.10 bits per heavy atom. The molecule has 0 radical (unpaired) electrons. The van der Waals surface area contributed by atoms with E-state index in [0.29, 0.717) is 0 Å². The number of hydrogen-bond acceptors (Lipinski definition) is 4. The van der Waals surface area contributed by atoms with Crippen molar-refractivity contribution in [3.63, 3.8) is 0 Å². The molecule has 0 spiro atoms. The third-order valence-corrected chi connectivity index (χ3v) is 6.22. The van der Waals surface area contributed by atoms with Crippen LogP contribution in [0.15, 0.2) is 29.3 Å². The van der Waals surface area contributed by atoms with Crippen LogP contribution in [0, 0.1) is 5.92 Å². The first-order valence-electron chi connectivity index (χ1n) is 10.9. The lowest BCUT2D eigenvalue weighted by Gasteiger charge is -2.38. The van der Waals surface area contributed by atoms with Crippen molar-refractivity contribution >= 4 is 35.6 Å². The molecule has 1 atom stereocenters. The summed E-state index contributed by atoms with van der Waals surface area (Å²) in [5.41, 5.74) is 1.19. The van der Waals surface area contributed by atoms with E-state index in [1.807, 2.05) is 12.1 Å². The van der Waals surface area contributed by atoms with Crippen LogP contribution in [0.2, 0.25) is 0 Å². The summed E-state index contributed by atoms with van der Waals surface area (Å²) in [5.74, 6) is 2.77. The zero-order valence-corrected chi connectivity index (χ0v) is 20.2. The van der Waals surface area contributed by atoms with Crippen LogP contribution in [-0.4, -0.2) is 81.3 Å². The van der Waals surface area contributed by atoms with Gasteiger partial charge in [0.25, 0.3) is 0 Å². The van der Waals surface area contributed by atoms with E-state index in [1.54, 1.807) is 7.11 Å². The highest BCUT2D eigenvalue weighted by atomic mass is 127. The van der Waals surface area contributed by atoms with Crippen LogP contribution in [0.25, 0.3) is 0 Å². The van der Waals surface area contributed by atoms with Crippen molar-refractivity contribution in [3.05, 3.63) is 24.3 Å². The van der Waals surface area contributed by atoms with Crippen molar-refractivity contribution in [2.75, 3.05) is 64.4 Å². The smallest absolute Gasteiger partial charge is 0.194 e. The number of rotatable bonds is 6. The van der Waals surface area contributed by atoms with Crippen LogP contribution in [0.3, 0.4) is 0 Å². The van der Waals surface area contributed by atoms with Gasteiger partial charge in [-0.2, -0.15) is 0 Å². The molecule has 2 heterocycles. The third-order valence-electron chi connectivity index (χ3n) is 6.22. The van der Waals surface area contributed by atoms with E-state index in [-0.39, 0.29) is 24.0 Å². The van der Waals surface area contributed by atoms with Crippen LogP contribution < -0.4 is 15.0 Å². The normalized spacial score (nSPS) is 23.1. The van der Waals surface area contributed by atoms with Crippen LogP contribution in [-0.2, 0) is 0 Å². The highest BCUT2D eigenvalue weighted by molar-refractivity contribution is 14.0. The van der Waals surface area contributed by atoms with Gasteiger partial charge in [-0.05, 0) is 50.8 Å². The molecule has 0 bridgehead atoms. The Morgan fingerprint density at radius 2 is 1.86 bits per heavy atom. The second kappa shape index (κ2) is 10.7. The van der Waals surface area contributed by atoms with Gasteiger partial charge in [-0.1, -0.05) is 12.1 Å². The summed E-state index contributed by atoms with van der Waals surface area (Å²) >= 11 is 0. The predicted molar refractivity (Wildman–Crippen MR) is 131 cm³/mol. The highest BCUT2D eigenvalue weighted by Crippen LogP contribution is 2.32. The lowest BCUT2D eigenvalue weighted by Crippen LogP contribution is -2.52. The molecule has 7 heteroatoms. The van der Waals surface area contributed by atoms with E-state index in [1.165, 1.54) is 38.0 Å². The molecule has 1 unspecified atom stereocenters. The Kier molecular flexibility index (Phi) is 8.29. The van der Waals surface area contributed by atoms with Gasteiger partial charge in [-0.3, -0.25) is 4.99 Å². The Bertz CT molecular complexity index is 673. The first-order valence-corrected chi connectivity index (χ1v) is 10.9. The molecule has 4 rings (SSSR count). The molecule has 1 aromatic rings. The molecule has 29 heavy (non-hydrogen) atoms. The summed E-state index contributed by atoms with van der Waals surface area (Å²) in [4.78, 5) is 12.5. The lowest BCUT2D eigenvalue weighted by molar-refractivity contribution is 0.315. The van der Waals surface area contributed by atoms with E-state index in [2.05, 4.69) is 39.1 Å². The number of guanidine groups is 1. The zero-order chi connectivity index (χ0) is 19.3. The Morgan fingerprint density at radius 3 is 2.55 bits per heavy atom. The van der Waals surface area contributed by atoms with Gasteiger partial charge >= 0.3 is 0 Å². The minimum absolute atomic E-state index is 0. The summed E-state index contributed by atoms with van der Waals surface area (Å²) < 4.78 is 5.54. The average Bonchev–Trinajstić information content (AvgIpc) is 3.49. The summed E-state index contributed by atoms with van der Waals surface area (Å²) in [6, 6.07) is 9.20. The maximum absolute atomic E-state index is 5.54. The molecule has 0 amide bonds. The lowest BCUT2D eigenvalue weighted by atomic mass is 10.1. The molecule has 6 nitrogen and oxygen atoms in total. The highest BCUT2D eigenvalue weighted by Gasteiger charge is 2.34. The molecule has 3 fully saturated rings. The second-order valence-corrected chi connectivity index (χ2v) is 8.22. The summed E-state index contributed by atoms with van der Waals surface area (Å²) in [5, 5.41) is 3.52. The van der Waals surface area contributed by atoms with E-state index in [0.717, 1.165) is 62.9 Å². The van der Waals surface area contributed by atoms with Gasteiger partial charge in [0.2, 0.25) is 0 Å². The van der Waals surface area contributed by atoms with E-state index < -0.39 is 0 Å². The third kappa shape index (κ3) is 5.69. The molecule has 1 aromatic carbocycles. The summed E-state index contributed by atoms with van der Waals surface area (Å²) in [6.45, 7) is 10.5. The fourth-order valence-electron chi connectivity index (χ4n) is 4.47. The van der Waals surface area contributed by atoms with Gasteiger partial charge < -0.3 is 24.8 Å². The van der Waals surface area contributed by atoms with Crippen molar-refractivity contribution in [2.24, 2.45) is 10.9 Å². The van der Waals surface area contributed by atoms with Gasteiger partial charge in [-0.15, -0.1) is 24.0 Å². The standard InChI is InChI=1S/C22H35N5O.HI/c1-3-23-22(24-16-18-10-11-27(17-18)19-8-9-19)26-14-12-25(13-15-26)20-6-4-5-7-21(20)28-2;/h4-7,18-19H,3,8-17H2,1-2H3,(H,23,24);1H. The number of ether oxygens (including phenoxy) is 1. The minimum atomic E-state index is 0. The number of piperazine rings is 1. The molecule has 2 aliphatic heterocycles. The molecule has 1 saturated carbocycles. The van der Waals surface area contributed by atoms with Gasteiger partial charge in [0.1, 0.15) is 5.75 Å². The second-order valence-electron chi connectivity index (χ2n) is 8.22.